The SMILES string of the molecule is CC(C)(CO)c1ccc(-n2cccn2)cc1. The number of aliphatic hydroxyl groups is 1. The summed E-state index contributed by atoms with van der Waals surface area (Å²) in [6.07, 6.45) is 3.66. The second kappa shape index (κ2) is 4.10. The fourth-order valence-electron chi connectivity index (χ4n) is 1.58. The maximum Gasteiger partial charge on any atom is 0.0645 e. The molecule has 0 atom stereocenters. The number of nitrogens with zero attached hydrogens (tertiary/aromatic N) is 2. The van der Waals surface area contributed by atoms with E-state index in [1.807, 2.05) is 55.1 Å². The molecule has 0 aliphatic heterocycles. The molecule has 0 fully saturated rings. The summed E-state index contributed by atoms with van der Waals surface area (Å²) in [5.41, 5.74) is 1.97. The van der Waals surface area contributed by atoms with Gasteiger partial charge in [0.15, 0.2) is 0 Å². The van der Waals surface area contributed by atoms with E-state index in [-0.39, 0.29) is 12.0 Å². The third-order valence-electron chi connectivity index (χ3n) is 2.81. The Labute approximate surface area is 95.3 Å². The molecule has 2 rings (SSSR count). The van der Waals surface area contributed by atoms with Crippen LogP contribution in [-0.4, -0.2) is 21.5 Å². The van der Waals surface area contributed by atoms with Crippen LogP contribution in [0.3, 0.4) is 0 Å². The van der Waals surface area contributed by atoms with Crippen LogP contribution >= 0.6 is 0 Å². The van der Waals surface area contributed by atoms with Crippen LogP contribution in [0.5, 0.6) is 0 Å². The van der Waals surface area contributed by atoms with Gasteiger partial charge in [0.25, 0.3) is 0 Å². The van der Waals surface area contributed by atoms with E-state index in [1.165, 1.54) is 0 Å². The van der Waals surface area contributed by atoms with Crippen LogP contribution in [0.1, 0.15) is 19.4 Å². The first-order chi connectivity index (χ1) is 7.63. The minimum absolute atomic E-state index is 0.147. The van der Waals surface area contributed by atoms with E-state index in [1.54, 1.807) is 6.20 Å². The lowest BCUT2D eigenvalue weighted by Crippen LogP contribution is -2.21. The summed E-state index contributed by atoms with van der Waals surface area (Å²) in [7, 11) is 0. The minimum atomic E-state index is -0.192. The van der Waals surface area contributed by atoms with Crippen LogP contribution in [0.25, 0.3) is 5.69 Å². The van der Waals surface area contributed by atoms with Crippen molar-refractivity contribution in [2.75, 3.05) is 6.61 Å². The second-order valence-electron chi connectivity index (χ2n) is 4.54. The molecule has 0 unspecified atom stereocenters. The van der Waals surface area contributed by atoms with Crippen molar-refractivity contribution in [1.29, 1.82) is 0 Å². The quantitative estimate of drug-likeness (QED) is 0.853. The van der Waals surface area contributed by atoms with E-state index < -0.39 is 0 Å². The topological polar surface area (TPSA) is 38.0 Å². The third kappa shape index (κ3) is 1.99. The molecule has 1 N–H and O–H groups in total. The predicted octanol–water partition coefficient (Wildman–Crippen LogP) is 2.14. The average molecular weight is 216 g/mol. The Balaban J connectivity index is 2.30. The van der Waals surface area contributed by atoms with Crippen LogP contribution in [0.4, 0.5) is 0 Å². The van der Waals surface area contributed by atoms with Crippen LogP contribution in [0, 0.1) is 0 Å². The number of hydrogen-bond acceptors (Lipinski definition) is 2. The first-order valence-electron chi connectivity index (χ1n) is 5.35. The monoisotopic (exact) mass is 216 g/mol. The molecule has 0 saturated carbocycles. The number of aromatic nitrogens is 2. The molecule has 0 aliphatic rings. The molecular weight excluding hydrogens is 200 g/mol. The van der Waals surface area contributed by atoms with Gasteiger partial charge >= 0.3 is 0 Å². The first-order valence-corrected chi connectivity index (χ1v) is 5.35. The van der Waals surface area contributed by atoms with Crippen LogP contribution in [0.2, 0.25) is 0 Å². The number of aliphatic hydroxyl groups excluding tert-OH is 1. The maximum absolute atomic E-state index is 9.28. The van der Waals surface area contributed by atoms with E-state index >= 15 is 0 Å². The molecule has 0 amide bonds. The van der Waals surface area contributed by atoms with Gasteiger partial charge in [0, 0.05) is 17.8 Å². The maximum atomic E-state index is 9.28. The fraction of sp³-hybridized carbons (Fsp3) is 0.308. The van der Waals surface area contributed by atoms with Gasteiger partial charge in [0.1, 0.15) is 0 Å². The minimum Gasteiger partial charge on any atom is -0.395 e. The predicted molar refractivity (Wildman–Crippen MR) is 63.7 cm³/mol. The molecule has 16 heavy (non-hydrogen) atoms. The number of hydrogen-bond donors (Lipinski definition) is 1. The van der Waals surface area contributed by atoms with Crippen molar-refractivity contribution in [3.8, 4) is 5.69 Å². The van der Waals surface area contributed by atoms with Gasteiger partial charge in [0.05, 0.1) is 12.3 Å². The van der Waals surface area contributed by atoms with Gasteiger partial charge in [-0.1, -0.05) is 26.0 Å². The molecule has 0 aliphatic carbocycles. The summed E-state index contributed by atoms with van der Waals surface area (Å²) >= 11 is 0. The first kappa shape index (κ1) is 10.9. The Bertz CT molecular complexity index is 443. The highest BCUT2D eigenvalue weighted by molar-refractivity contribution is 5.36. The second-order valence-corrected chi connectivity index (χ2v) is 4.54. The fourth-order valence-corrected chi connectivity index (χ4v) is 1.58. The molecule has 0 spiro atoms. The van der Waals surface area contributed by atoms with Gasteiger partial charge in [-0.2, -0.15) is 5.10 Å². The summed E-state index contributed by atoms with van der Waals surface area (Å²) in [4.78, 5) is 0. The lowest BCUT2D eigenvalue weighted by Gasteiger charge is -2.22. The Morgan fingerprint density at radius 3 is 2.44 bits per heavy atom. The summed E-state index contributed by atoms with van der Waals surface area (Å²) in [6.45, 7) is 4.19. The Hall–Kier alpha value is -1.61. The van der Waals surface area contributed by atoms with Crippen molar-refractivity contribution >= 4 is 0 Å². The highest BCUT2D eigenvalue weighted by Gasteiger charge is 2.18. The Kier molecular flexibility index (Phi) is 2.79. The molecular formula is C13H16N2O. The average Bonchev–Trinajstić information content (AvgIpc) is 2.83. The lowest BCUT2D eigenvalue weighted by atomic mass is 9.86. The van der Waals surface area contributed by atoms with Gasteiger partial charge in [-0.25, -0.2) is 4.68 Å². The molecule has 0 bridgehead atoms. The molecule has 1 heterocycles. The molecule has 84 valence electrons. The van der Waals surface area contributed by atoms with Crippen LogP contribution in [0.15, 0.2) is 42.7 Å². The van der Waals surface area contributed by atoms with Gasteiger partial charge in [-0.15, -0.1) is 0 Å². The van der Waals surface area contributed by atoms with E-state index in [2.05, 4.69) is 5.10 Å². The Morgan fingerprint density at radius 1 is 1.25 bits per heavy atom. The van der Waals surface area contributed by atoms with E-state index in [9.17, 15) is 5.11 Å². The van der Waals surface area contributed by atoms with E-state index in [4.69, 9.17) is 0 Å². The molecule has 0 radical (unpaired) electrons. The molecule has 3 heteroatoms. The summed E-state index contributed by atoms with van der Waals surface area (Å²) < 4.78 is 1.82. The van der Waals surface area contributed by atoms with Gasteiger partial charge in [-0.05, 0) is 23.8 Å². The molecule has 2 aromatic rings. The number of benzene rings is 1. The third-order valence-corrected chi connectivity index (χ3v) is 2.81. The zero-order valence-corrected chi connectivity index (χ0v) is 9.59. The van der Waals surface area contributed by atoms with Crippen molar-refractivity contribution in [2.45, 2.75) is 19.3 Å². The van der Waals surface area contributed by atoms with Gasteiger partial charge in [-0.3, -0.25) is 0 Å². The van der Waals surface area contributed by atoms with Crippen LogP contribution < -0.4 is 0 Å². The van der Waals surface area contributed by atoms with Gasteiger partial charge in [0.2, 0.25) is 0 Å². The zero-order valence-electron chi connectivity index (χ0n) is 9.59. The van der Waals surface area contributed by atoms with Crippen LogP contribution in [-0.2, 0) is 5.41 Å². The standard InChI is InChI=1S/C13H16N2O/c1-13(2,10-16)11-4-6-12(7-5-11)15-9-3-8-14-15/h3-9,16H,10H2,1-2H3. The summed E-state index contributed by atoms with van der Waals surface area (Å²) in [6, 6.07) is 9.99. The molecule has 0 saturated heterocycles. The van der Waals surface area contributed by atoms with Gasteiger partial charge < -0.3 is 5.11 Å². The number of rotatable bonds is 3. The van der Waals surface area contributed by atoms with Crippen molar-refractivity contribution in [3.05, 3.63) is 48.3 Å². The van der Waals surface area contributed by atoms with Crippen molar-refractivity contribution in [2.24, 2.45) is 0 Å². The molecule has 1 aromatic heterocycles. The van der Waals surface area contributed by atoms with E-state index in [0.29, 0.717) is 0 Å². The van der Waals surface area contributed by atoms with Crippen molar-refractivity contribution in [3.63, 3.8) is 0 Å². The smallest absolute Gasteiger partial charge is 0.0645 e. The molecule has 1 aromatic carbocycles. The van der Waals surface area contributed by atoms with Crippen molar-refractivity contribution < 1.29 is 5.11 Å². The lowest BCUT2D eigenvalue weighted by molar-refractivity contribution is 0.218. The highest BCUT2D eigenvalue weighted by atomic mass is 16.3. The zero-order chi connectivity index (χ0) is 11.6. The highest BCUT2D eigenvalue weighted by Crippen LogP contribution is 2.23. The Morgan fingerprint density at radius 2 is 1.94 bits per heavy atom. The summed E-state index contributed by atoms with van der Waals surface area (Å²) in [5.74, 6) is 0. The molecule has 3 nitrogen and oxygen atoms in total. The van der Waals surface area contributed by atoms with E-state index in [0.717, 1.165) is 11.3 Å². The van der Waals surface area contributed by atoms with Crippen molar-refractivity contribution in [1.82, 2.24) is 9.78 Å². The normalized spacial score (nSPS) is 11.7. The largest absolute Gasteiger partial charge is 0.395 e. The summed E-state index contributed by atoms with van der Waals surface area (Å²) in [5, 5.41) is 13.4.